The van der Waals surface area contributed by atoms with E-state index in [0.717, 1.165) is 39.4 Å². The lowest BCUT2D eigenvalue weighted by atomic mass is 9.84. The molecule has 0 bridgehead atoms. The molecule has 1 unspecified atom stereocenters. The predicted molar refractivity (Wildman–Crippen MR) is 241 cm³/mol. The molecule has 0 radical (unpaired) electrons. The van der Waals surface area contributed by atoms with Crippen molar-refractivity contribution in [2.75, 3.05) is 55.8 Å². The number of nitrogens with zero attached hydrogens (tertiary/aromatic N) is 2. The van der Waals surface area contributed by atoms with Gasteiger partial charge in [0.1, 0.15) is 4.90 Å². The van der Waals surface area contributed by atoms with Crippen LogP contribution in [-0.4, -0.2) is 95.0 Å². The van der Waals surface area contributed by atoms with Crippen LogP contribution in [0, 0.1) is 5.92 Å². The number of aliphatic hydroxyl groups is 2. The molecule has 1 aliphatic rings. The highest BCUT2D eigenvalue weighted by molar-refractivity contribution is 7.99. The van der Waals surface area contributed by atoms with Gasteiger partial charge in [-0.2, -0.15) is 13.2 Å². The third kappa shape index (κ3) is 12.1. The van der Waals surface area contributed by atoms with Crippen molar-refractivity contribution < 1.29 is 45.0 Å². The standard InChI is InChI=1S/C45H48ClF3N4O7S3/c1-52(27-28-54)24-23-35(30-61-37-7-3-2-4-8-37)50-41-20-19-38(29-42(41)62(57,58)45(47,48)49)63(59,60)51-44(56)33-13-17-36(18-14-33)53-25-21-32(22-26-53)43(55)40-10-6-5-9-39(40)31-11-15-34(46)16-12-31/h2-20,29,32,35,43,50,54-55H,21-28,30H2,1H3,(H,51,56)/t35?,43-/m1/s1. The van der Waals surface area contributed by atoms with Gasteiger partial charge in [-0.15, -0.1) is 11.8 Å². The van der Waals surface area contributed by atoms with Crippen LogP contribution in [0.3, 0.4) is 0 Å². The first kappa shape index (κ1) is 47.8. The maximum absolute atomic E-state index is 14.1. The third-order valence-corrected chi connectivity index (χ3v) is 15.2. The number of aliphatic hydroxyl groups excluding tert-OH is 2. The number of piperidine rings is 1. The number of hydrogen-bond donors (Lipinski definition) is 4. The Labute approximate surface area is 375 Å². The van der Waals surface area contributed by atoms with Gasteiger partial charge >= 0.3 is 5.51 Å². The zero-order valence-corrected chi connectivity index (χ0v) is 37.4. The molecule has 2 atom stereocenters. The summed E-state index contributed by atoms with van der Waals surface area (Å²) >= 11 is 7.48. The molecule has 63 heavy (non-hydrogen) atoms. The molecule has 18 heteroatoms. The van der Waals surface area contributed by atoms with E-state index in [1.807, 2.05) is 88.5 Å². The molecule has 1 fully saturated rings. The molecule has 4 N–H and O–H groups in total. The summed E-state index contributed by atoms with van der Waals surface area (Å²) < 4.78 is 97.1. The predicted octanol–water partition coefficient (Wildman–Crippen LogP) is 8.26. The molecular weight excluding hydrogens is 897 g/mol. The number of likely N-dealkylation sites (N-methyl/N-ethyl adjacent to an activating group) is 1. The van der Waals surface area contributed by atoms with E-state index in [9.17, 15) is 45.0 Å². The fourth-order valence-electron chi connectivity index (χ4n) is 7.36. The summed E-state index contributed by atoms with van der Waals surface area (Å²) in [4.78, 5) is 15.9. The number of alkyl halides is 3. The SMILES string of the molecule is CN(CCO)CCC(CSc1ccccc1)Nc1ccc(S(=O)(=O)NC(=O)c2ccc(N3CCC([C@@H](O)c4ccccc4-c4ccc(Cl)cc4)CC3)cc2)cc1S(=O)(=O)C(F)(F)F. The van der Waals surface area contributed by atoms with Crippen LogP contribution in [0.2, 0.25) is 5.02 Å². The van der Waals surface area contributed by atoms with Gasteiger partial charge in [-0.25, -0.2) is 21.6 Å². The number of sulfone groups is 1. The van der Waals surface area contributed by atoms with Gasteiger partial charge in [0, 0.05) is 52.6 Å². The van der Waals surface area contributed by atoms with E-state index in [1.165, 1.54) is 23.9 Å². The number of nitrogens with one attached hydrogen (secondary N) is 2. The Kier molecular flexibility index (Phi) is 15.9. The highest BCUT2D eigenvalue weighted by atomic mass is 35.5. The van der Waals surface area contributed by atoms with Crippen molar-refractivity contribution in [2.24, 2.45) is 5.92 Å². The monoisotopic (exact) mass is 944 g/mol. The highest BCUT2D eigenvalue weighted by Gasteiger charge is 2.48. The van der Waals surface area contributed by atoms with Crippen molar-refractivity contribution in [3.63, 3.8) is 0 Å². The minimum atomic E-state index is -6.09. The van der Waals surface area contributed by atoms with E-state index >= 15 is 0 Å². The molecule has 0 aliphatic carbocycles. The van der Waals surface area contributed by atoms with Crippen molar-refractivity contribution in [1.29, 1.82) is 0 Å². The fraction of sp³-hybridized carbons (Fsp3) is 0.311. The van der Waals surface area contributed by atoms with Crippen LogP contribution in [0.15, 0.2) is 136 Å². The number of rotatable bonds is 18. The lowest BCUT2D eigenvalue weighted by molar-refractivity contribution is -0.0435. The van der Waals surface area contributed by atoms with Gasteiger partial charge < -0.3 is 25.3 Å². The molecule has 0 aromatic heterocycles. The molecule has 0 spiro atoms. The molecule has 5 aromatic rings. The lowest BCUT2D eigenvalue weighted by Crippen LogP contribution is -2.36. The van der Waals surface area contributed by atoms with Crippen molar-refractivity contribution in [2.45, 2.75) is 51.6 Å². The third-order valence-electron chi connectivity index (χ3n) is 10.9. The van der Waals surface area contributed by atoms with Gasteiger partial charge in [0.25, 0.3) is 25.8 Å². The van der Waals surface area contributed by atoms with Gasteiger partial charge in [0.2, 0.25) is 0 Å². The van der Waals surface area contributed by atoms with E-state index in [-0.39, 0.29) is 18.1 Å². The lowest BCUT2D eigenvalue weighted by Gasteiger charge is -2.36. The maximum Gasteiger partial charge on any atom is 0.501 e. The zero-order valence-electron chi connectivity index (χ0n) is 34.2. The first-order chi connectivity index (χ1) is 30.0. The number of sulfonamides is 1. The molecule has 1 amide bonds. The highest BCUT2D eigenvalue weighted by Crippen LogP contribution is 2.39. The van der Waals surface area contributed by atoms with Gasteiger partial charge in [0.15, 0.2) is 0 Å². The summed E-state index contributed by atoms with van der Waals surface area (Å²) in [6, 6.07) is 32.2. The van der Waals surface area contributed by atoms with Crippen LogP contribution in [0.25, 0.3) is 11.1 Å². The first-order valence-electron chi connectivity index (χ1n) is 20.1. The summed E-state index contributed by atoms with van der Waals surface area (Å²) in [6.07, 6.45) is 0.970. The van der Waals surface area contributed by atoms with Gasteiger partial charge in [0.05, 0.1) is 23.3 Å². The van der Waals surface area contributed by atoms with Gasteiger partial charge in [-0.3, -0.25) is 4.79 Å². The van der Waals surface area contributed by atoms with Crippen LogP contribution < -0.4 is 14.9 Å². The molecule has 1 saturated heterocycles. The topological polar surface area (TPSA) is 156 Å². The van der Waals surface area contributed by atoms with Crippen LogP contribution in [0.1, 0.15) is 41.3 Å². The molecule has 0 saturated carbocycles. The Bertz CT molecular complexity index is 2550. The Morgan fingerprint density at radius 1 is 0.889 bits per heavy atom. The quantitative estimate of drug-likeness (QED) is 0.0628. The van der Waals surface area contributed by atoms with Gasteiger partial charge in [-0.05, 0) is 122 Å². The second kappa shape index (κ2) is 20.9. The van der Waals surface area contributed by atoms with Crippen molar-refractivity contribution in [1.82, 2.24) is 9.62 Å². The summed E-state index contributed by atoms with van der Waals surface area (Å²) in [5, 5.41) is 24.3. The number of anilines is 2. The van der Waals surface area contributed by atoms with E-state index in [4.69, 9.17) is 11.6 Å². The minimum Gasteiger partial charge on any atom is -0.395 e. The molecular formula is C45H48ClF3N4O7S3. The largest absolute Gasteiger partial charge is 0.501 e. The van der Waals surface area contributed by atoms with Crippen LogP contribution >= 0.6 is 23.4 Å². The zero-order chi connectivity index (χ0) is 45.4. The number of halogens is 4. The van der Waals surface area contributed by atoms with Crippen LogP contribution in [0.4, 0.5) is 24.5 Å². The minimum absolute atomic E-state index is 0.0223. The number of carbonyl (C=O) groups is 1. The Morgan fingerprint density at radius 3 is 2.19 bits per heavy atom. The maximum atomic E-state index is 14.1. The number of amides is 1. The van der Waals surface area contributed by atoms with E-state index in [1.54, 1.807) is 19.2 Å². The molecule has 336 valence electrons. The molecule has 1 aliphatic heterocycles. The molecule has 11 nitrogen and oxygen atoms in total. The van der Waals surface area contributed by atoms with E-state index in [0.29, 0.717) is 62.3 Å². The summed E-state index contributed by atoms with van der Waals surface area (Å²) in [6.45, 7) is 1.83. The number of hydrogen-bond acceptors (Lipinski definition) is 11. The average molecular weight is 946 g/mol. The Hall–Kier alpha value is -4.62. The number of benzene rings is 5. The van der Waals surface area contributed by atoms with Crippen molar-refractivity contribution in [3.05, 3.63) is 137 Å². The van der Waals surface area contributed by atoms with Crippen molar-refractivity contribution >= 4 is 60.5 Å². The summed E-state index contributed by atoms with van der Waals surface area (Å²) in [5.74, 6) is -0.791. The number of carbonyl (C=O) groups excluding carboxylic acids is 1. The molecule has 5 aromatic carbocycles. The number of thioether (sulfide) groups is 1. The van der Waals surface area contributed by atoms with Crippen molar-refractivity contribution in [3.8, 4) is 11.1 Å². The van der Waals surface area contributed by atoms with Crippen LogP contribution in [-0.2, 0) is 19.9 Å². The first-order valence-corrected chi connectivity index (χ1v) is 24.4. The van der Waals surface area contributed by atoms with Gasteiger partial charge in [-0.1, -0.05) is 66.2 Å². The summed E-state index contributed by atoms with van der Waals surface area (Å²) in [7, 11) is -9.22. The smallest absolute Gasteiger partial charge is 0.395 e. The Morgan fingerprint density at radius 2 is 1.54 bits per heavy atom. The Balaban J connectivity index is 1.14. The van der Waals surface area contributed by atoms with E-state index in [2.05, 4.69) is 10.2 Å². The molecule has 6 rings (SSSR count). The second-order valence-corrected chi connectivity index (χ2v) is 20.4. The second-order valence-electron chi connectivity index (χ2n) is 15.2. The molecule has 1 heterocycles. The normalized spacial score (nSPS) is 15.0. The fourth-order valence-corrected chi connectivity index (χ4v) is 10.5. The van der Waals surface area contributed by atoms with Crippen LogP contribution in [0.5, 0.6) is 0 Å². The average Bonchev–Trinajstić information content (AvgIpc) is 3.27. The van der Waals surface area contributed by atoms with E-state index < -0.39 is 58.9 Å². The summed E-state index contributed by atoms with van der Waals surface area (Å²) in [5.41, 5.74) is -2.84.